The molecule has 1 aliphatic rings. The molecule has 1 saturated heterocycles. The molecule has 1 aliphatic heterocycles. The predicted molar refractivity (Wildman–Crippen MR) is 106 cm³/mol. The highest BCUT2D eigenvalue weighted by Gasteiger charge is 2.33. The molecule has 2 aromatic heterocycles. The molecule has 0 amide bonds. The summed E-state index contributed by atoms with van der Waals surface area (Å²) < 4.78 is 2.08. The van der Waals surface area contributed by atoms with Crippen LogP contribution in [0.4, 0.5) is 0 Å². The van der Waals surface area contributed by atoms with Crippen LogP contribution < -0.4 is 0 Å². The average Bonchev–Trinajstić information content (AvgIpc) is 3.24. The number of hydrogen-bond acceptors (Lipinski definition) is 4. The van der Waals surface area contributed by atoms with E-state index in [1.54, 1.807) is 0 Å². The number of benzene rings is 1. The number of imidazole rings is 1. The fraction of sp³-hybridized carbons (Fsp3) is 0.524. The standard InChI is InChI=1S/C21H29N5O/c1-20(2,3)19-16(12-23-24-19)13-25-10-8-21(27,9-11-25)14-26-15-22-17-6-4-5-7-18(17)26/h4-7,12,15,27H,8-11,13-14H2,1-3H3,(H,23,24). The molecule has 0 saturated carbocycles. The third-order valence-electron chi connectivity index (χ3n) is 5.64. The van der Waals surface area contributed by atoms with Crippen molar-refractivity contribution in [3.05, 3.63) is 48.0 Å². The smallest absolute Gasteiger partial charge is 0.0959 e. The van der Waals surface area contributed by atoms with Crippen LogP contribution in [0.3, 0.4) is 0 Å². The lowest BCUT2D eigenvalue weighted by atomic mass is 9.88. The van der Waals surface area contributed by atoms with Crippen LogP contribution in [0, 0.1) is 0 Å². The number of nitrogens with one attached hydrogen (secondary N) is 1. The minimum atomic E-state index is -0.677. The SMILES string of the molecule is CC(C)(C)c1[nH]ncc1CN1CCC(O)(Cn2cnc3ccccc32)CC1. The van der Waals surface area contributed by atoms with Gasteiger partial charge in [-0.25, -0.2) is 4.98 Å². The van der Waals surface area contributed by atoms with Crippen molar-refractivity contribution in [2.75, 3.05) is 13.1 Å². The summed E-state index contributed by atoms with van der Waals surface area (Å²) >= 11 is 0. The van der Waals surface area contributed by atoms with Crippen LogP contribution in [0.25, 0.3) is 11.0 Å². The second-order valence-corrected chi connectivity index (χ2v) is 8.88. The molecular formula is C21H29N5O. The summed E-state index contributed by atoms with van der Waals surface area (Å²) in [5.74, 6) is 0. The average molecular weight is 367 g/mol. The van der Waals surface area contributed by atoms with Crippen molar-refractivity contribution < 1.29 is 5.11 Å². The molecule has 0 unspecified atom stereocenters. The third kappa shape index (κ3) is 3.77. The highest BCUT2D eigenvalue weighted by atomic mass is 16.3. The van der Waals surface area contributed by atoms with Crippen molar-refractivity contribution in [3.8, 4) is 0 Å². The zero-order valence-corrected chi connectivity index (χ0v) is 16.4. The van der Waals surface area contributed by atoms with Gasteiger partial charge in [0.25, 0.3) is 0 Å². The molecule has 0 radical (unpaired) electrons. The lowest BCUT2D eigenvalue weighted by Crippen LogP contribution is -2.46. The number of nitrogens with zero attached hydrogens (tertiary/aromatic N) is 4. The van der Waals surface area contributed by atoms with Crippen molar-refractivity contribution in [2.45, 2.75) is 57.7 Å². The predicted octanol–water partition coefficient (Wildman–Crippen LogP) is 3.08. The highest BCUT2D eigenvalue weighted by molar-refractivity contribution is 5.74. The number of piperidine rings is 1. The Morgan fingerprint density at radius 3 is 2.67 bits per heavy atom. The van der Waals surface area contributed by atoms with Gasteiger partial charge in [0.15, 0.2) is 0 Å². The van der Waals surface area contributed by atoms with Crippen LogP contribution in [-0.4, -0.2) is 48.4 Å². The molecule has 1 aromatic carbocycles. The minimum Gasteiger partial charge on any atom is -0.388 e. The van der Waals surface area contributed by atoms with Gasteiger partial charge in [-0.05, 0) is 25.0 Å². The van der Waals surface area contributed by atoms with E-state index in [0.717, 1.165) is 43.5 Å². The van der Waals surface area contributed by atoms with E-state index in [1.165, 1.54) is 11.3 Å². The van der Waals surface area contributed by atoms with Gasteiger partial charge >= 0.3 is 0 Å². The van der Waals surface area contributed by atoms with E-state index in [1.807, 2.05) is 30.7 Å². The minimum absolute atomic E-state index is 0.0604. The molecule has 3 aromatic rings. The number of aromatic nitrogens is 4. The topological polar surface area (TPSA) is 70.0 Å². The molecular weight excluding hydrogens is 338 g/mol. The number of para-hydroxylation sites is 2. The van der Waals surface area contributed by atoms with E-state index >= 15 is 0 Å². The molecule has 4 rings (SSSR count). The summed E-state index contributed by atoms with van der Waals surface area (Å²) in [6.07, 6.45) is 5.32. The summed E-state index contributed by atoms with van der Waals surface area (Å²) in [6, 6.07) is 8.09. The van der Waals surface area contributed by atoms with Crippen LogP contribution in [0.5, 0.6) is 0 Å². The summed E-state index contributed by atoms with van der Waals surface area (Å²) in [7, 11) is 0. The van der Waals surface area contributed by atoms with Crippen molar-refractivity contribution in [1.82, 2.24) is 24.6 Å². The van der Waals surface area contributed by atoms with E-state index in [4.69, 9.17) is 0 Å². The van der Waals surface area contributed by atoms with Gasteiger partial charge in [-0.15, -0.1) is 0 Å². The summed E-state index contributed by atoms with van der Waals surface area (Å²) in [5.41, 5.74) is 3.91. The fourth-order valence-electron chi connectivity index (χ4n) is 4.06. The maximum Gasteiger partial charge on any atom is 0.0959 e. The molecule has 6 heteroatoms. The van der Waals surface area contributed by atoms with E-state index in [0.29, 0.717) is 6.54 Å². The quantitative estimate of drug-likeness (QED) is 0.743. The second kappa shape index (κ2) is 6.77. The van der Waals surface area contributed by atoms with Crippen molar-refractivity contribution in [2.24, 2.45) is 0 Å². The third-order valence-corrected chi connectivity index (χ3v) is 5.64. The van der Waals surface area contributed by atoms with Gasteiger partial charge in [0.05, 0.1) is 35.7 Å². The number of aromatic amines is 1. The maximum absolute atomic E-state index is 11.1. The first-order valence-corrected chi connectivity index (χ1v) is 9.71. The van der Waals surface area contributed by atoms with Crippen LogP contribution in [0.15, 0.2) is 36.8 Å². The van der Waals surface area contributed by atoms with Gasteiger partial charge in [-0.1, -0.05) is 32.9 Å². The molecule has 0 bridgehead atoms. The number of aliphatic hydroxyl groups is 1. The molecule has 0 spiro atoms. The van der Waals surface area contributed by atoms with Crippen molar-refractivity contribution in [1.29, 1.82) is 0 Å². The van der Waals surface area contributed by atoms with Crippen LogP contribution in [-0.2, 0) is 18.5 Å². The molecule has 3 heterocycles. The van der Waals surface area contributed by atoms with Crippen LogP contribution in [0.1, 0.15) is 44.9 Å². The van der Waals surface area contributed by atoms with Crippen LogP contribution >= 0.6 is 0 Å². The van der Waals surface area contributed by atoms with Crippen molar-refractivity contribution >= 4 is 11.0 Å². The summed E-state index contributed by atoms with van der Waals surface area (Å²) in [6.45, 7) is 9.86. The Morgan fingerprint density at radius 2 is 1.93 bits per heavy atom. The highest BCUT2D eigenvalue weighted by Crippen LogP contribution is 2.29. The number of hydrogen-bond donors (Lipinski definition) is 2. The first kappa shape index (κ1) is 18.2. The number of H-pyrrole nitrogens is 1. The first-order chi connectivity index (χ1) is 12.8. The van der Waals surface area contributed by atoms with Gasteiger partial charge in [0, 0.05) is 36.3 Å². The molecule has 6 nitrogen and oxygen atoms in total. The monoisotopic (exact) mass is 367 g/mol. The Balaban J connectivity index is 1.40. The van der Waals surface area contributed by atoms with Gasteiger partial charge in [0.1, 0.15) is 0 Å². The second-order valence-electron chi connectivity index (χ2n) is 8.88. The van der Waals surface area contributed by atoms with Gasteiger partial charge in [-0.2, -0.15) is 5.10 Å². The lowest BCUT2D eigenvalue weighted by Gasteiger charge is -2.38. The van der Waals surface area contributed by atoms with Gasteiger partial charge in [-0.3, -0.25) is 10.00 Å². The van der Waals surface area contributed by atoms with Gasteiger partial charge in [0.2, 0.25) is 0 Å². The molecule has 144 valence electrons. The number of fused-ring (bicyclic) bond motifs is 1. The molecule has 2 N–H and O–H groups in total. The molecule has 0 aliphatic carbocycles. The zero-order valence-electron chi connectivity index (χ0n) is 16.4. The Morgan fingerprint density at radius 1 is 1.19 bits per heavy atom. The van der Waals surface area contributed by atoms with E-state index in [-0.39, 0.29) is 5.41 Å². The normalized spacial score (nSPS) is 18.2. The lowest BCUT2D eigenvalue weighted by molar-refractivity contribution is -0.0351. The Labute approximate surface area is 160 Å². The first-order valence-electron chi connectivity index (χ1n) is 9.71. The fourth-order valence-corrected chi connectivity index (χ4v) is 4.06. The molecule has 1 fully saturated rings. The van der Waals surface area contributed by atoms with Gasteiger partial charge < -0.3 is 9.67 Å². The number of rotatable bonds is 4. The Bertz CT molecular complexity index is 912. The molecule has 0 atom stereocenters. The summed E-state index contributed by atoms with van der Waals surface area (Å²) in [5, 5.41) is 18.5. The molecule has 27 heavy (non-hydrogen) atoms. The van der Waals surface area contributed by atoms with Crippen LogP contribution in [0.2, 0.25) is 0 Å². The largest absolute Gasteiger partial charge is 0.388 e. The zero-order chi connectivity index (χ0) is 19.1. The van der Waals surface area contributed by atoms with E-state index in [9.17, 15) is 5.11 Å². The Hall–Kier alpha value is -2.18. The Kier molecular flexibility index (Phi) is 4.56. The van der Waals surface area contributed by atoms with Crippen molar-refractivity contribution in [3.63, 3.8) is 0 Å². The van der Waals surface area contributed by atoms with E-state index < -0.39 is 5.60 Å². The summed E-state index contributed by atoms with van der Waals surface area (Å²) in [4.78, 5) is 6.86. The van der Waals surface area contributed by atoms with E-state index in [2.05, 4.69) is 51.5 Å². The number of likely N-dealkylation sites (tertiary alicyclic amines) is 1. The maximum atomic E-state index is 11.1.